The fourth-order valence-corrected chi connectivity index (χ4v) is 2.04. The number of hydrogen-bond acceptors (Lipinski definition) is 4. The summed E-state index contributed by atoms with van der Waals surface area (Å²) in [7, 11) is -3.82. The highest BCUT2D eigenvalue weighted by Crippen LogP contribution is 2.31. The molecule has 9 heteroatoms. The number of anilines is 1. The van der Waals surface area contributed by atoms with Crippen molar-refractivity contribution in [2.45, 2.75) is 5.51 Å². The molecule has 0 radical (unpaired) electrons. The molecule has 5 nitrogen and oxygen atoms in total. The third-order valence-corrected chi connectivity index (χ3v) is 3.80. The van der Waals surface area contributed by atoms with Gasteiger partial charge in [0.2, 0.25) is 0 Å². The number of benzene rings is 1. The topological polar surface area (TPSA) is 63.7 Å². The molecule has 0 saturated carbocycles. The van der Waals surface area contributed by atoms with Crippen LogP contribution < -0.4 is 4.31 Å². The van der Waals surface area contributed by atoms with Crippen LogP contribution in [0.15, 0.2) is 24.3 Å². The van der Waals surface area contributed by atoms with E-state index in [2.05, 4.69) is 4.74 Å². The molecule has 0 unspecified atom stereocenters. The van der Waals surface area contributed by atoms with Gasteiger partial charge in [0.15, 0.2) is 0 Å². The van der Waals surface area contributed by atoms with Crippen LogP contribution in [0.3, 0.4) is 0 Å². The molecule has 0 aliphatic carbocycles. The van der Waals surface area contributed by atoms with Crippen molar-refractivity contribution >= 4 is 21.7 Å². The summed E-state index contributed by atoms with van der Waals surface area (Å²) in [5, 5.41) is 0. The zero-order chi connectivity index (χ0) is 14.8. The zero-order valence-electron chi connectivity index (χ0n) is 9.93. The number of carbonyl (C=O) groups is 1. The van der Waals surface area contributed by atoms with Crippen molar-refractivity contribution in [3.8, 4) is 0 Å². The minimum absolute atomic E-state index is 0.000741. The molecular formula is C10H10F3NO4S. The maximum absolute atomic E-state index is 12.4. The van der Waals surface area contributed by atoms with Crippen LogP contribution >= 0.6 is 0 Å². The van der Waals surface area contributed by atoms with E-state index in [0.29, 0.717) is 7.05 Å². The fraction of sp³-hybridized carbons (Fsp3) is 0.300. The van der Waals surface area contributed by atoms with Crippen LogP contribution in [0.25, 0.3) is 0 Å². The molecule has 0 atom stereocenters. The molecule has 0 spiro atoms. The predicted molar refractivity (Wildman–Crippen MR) is 61.2 cm³/mol. The minimum atomic E-state index is -5.57. The summed E-state index contributed by atoms with van der Waals surface area (Å²) in [4.78, 5) is 11.4. The lowest BCUT2D eigenvalue weighted by molar-refractivity contribution is -0.0437. The van der Waals surface area contributed by atoms with Crippen LogP contribution in [-0.2, 0) is 14.8 Å². The van der Waals surface area contributed by atoms with Crippen LogP contribution in [0, 0.1) is 0 Å². The normalized spacial score (nSPS) is 12.1. The monoisotopic (exact) mass is 297 g/mol. The summed E-state index contributed by atoms with van der Waals surface area (Å²) in [5.74, 6) is -0.931. The Morgan fingerprint density at radius 1 is 1.26 bits per heavy atom. The Labute approximate surface area is 107 Å². The van der Waals surface area contributed by atoms with E-state index in [9.17, 15) is 26.4 Å². The highest BCUT2D eigenvalue weighted by atomic mass is 32.2. The molecule has 0 bridgehead atoms. The van der Waals surface area contributed by atoms with Gasteiger partial charge >= 0.3 is 21.5 Å². The van der Waals surface area contributed by atoms with Gasteiger partial charge in [-0.25, -0.2) is 4.79 Å². The number of carbonyl (C=O) groups excluding carboxylic acids is 1. The van der Waals surface area contributed by atoms with Gasteiger partial charge < -0.3 is 4.74 Å². The molecule has 1 rings (SSSR count). The second-order valence-electron chi connectivity index (χ2n) is 3.43. The number of para-hydroxylation sites is 1. The van der Waals surface area contributed by atoms with Gasteiger partial charge in [0, 0.05) is 7.05 Å². The highest BCUT2D eigenvalue weighted by molar-refractivity contribution is 7.93. The van der Waals surface area contributed by atoms with Gasteiger partial charge in [-0.15, -0.1) is 0 Å². The minimum Gasteiger partial charge on any atom is -0.465 e. The summed E-state index contributed by atoms with van der Waals surface area (Å²) in [6, 6.07) is 4.94. The molecule has 19 heavy (non-hydrogen) atoms. The number of rotatable bonds is 3. The van der Waals surface area contributed by atoms with Crippen molar-refractivity contribution in [1.29, 1.82) is 0 Å². The number of methoxy groups -OCH3 is 1. The van der Waals surface area contributed by atoms with Gasteiger partial charge in [-0.3, -0.25) is 4.31 Å². The van der Waals surface area contributed by atoms with Crippen LogP contribution in [0.2, 0.25) is 0 Å². The Bertz CT molecular complexity index is 583. The van der Waals surface area contributed by atoms with Gasteiger partial charge in [0.1, 0.15) is 0 Å². The Morgan fingerprint density at radius 2 is 1.79 bits per heavy atom. The molecule has 0 amide bonds. The lowest BCUT2D eigenvalue weighted by Crippen LogP contribution is -2.38. The third-order valence-electron chi connectivity index (χ3n) is 2.30. The van der Waals surface area contributed by atoms with E-state index in [1.807, 2.05) is 0 Å². The molecule has 1 aromatic rings. The summed E-state index contributed by atoms with van der Waals surface area (Å²) in [5.41, 5.74) is -6.14. The van der Waals surface area contributed by atoms with Gasteiger partial charge in [-0.2, -0.15) is 21.6 Å². The van der Waals surface area contributed by atoms with E-state index in [1.165, 1.54) is 18.2 Å². The molecule has 0 fully saturated rings. The van der Waals surface area contributed by atoms with Crippen molar-refractivity contribution in [2.75, 3.05) is 18.5 Å². The van der Waals surface area contributed by atoms with Gasteiger partial charge in [0.05, 0.1) is 18.4 Å². The number of esters is 1. The Hall–Kier alpha value is -1.77. The maximum atomic E-state index is 12.4. The summed E-state index contributed by atoms with van der Waals surface area (Å²) >= 11 is 0. The van der Waals surface area contributed by atoms with E-state index in [4.69, 9.17) is 0 Å². The molecule has 1 aromatic carbocycles. The molecule has 0 saturated heterocycles. The number of hydrogen-bond donors (Lipinski definition) is 0. The first-order chi connectivity index (χ1) is 8.63. The Morgan fingerprint density at radius 3 is 2.26 bits per heavy atom. The van der Waals surface area contributed by atoms with E-state index >= 15 is 0 Å². The van der Waals surface area contributed by atoms with E-state index in [-0.39, 0.29) is 9.87 Å². The van der Waals surface area contributed by atoms with Crippen LogP contribution in [-0.4, -0.2) is 34.1 Å². The first-order valence-corrected chi connectivity index (χ1v) is 6.29. The van der Waals surface area contributed by atoms with E-state index in [1.54, 1.807) is 0 Å². The molecule has 0 aromatic heterocycles. The molecular weight excluding hydrogens is 287 g/mol. The largest absolute Gasteiger partial charge is 0.516 e. The molecule has 0 aliphatic heterocycles. The standard InChI is InChI=1S/C10H10F3NO4S/c1-14(19(16,17)10(11,12)13)8-6-4-3-5-7(8)9(15)18-2/h3-6H,1-2H3. The van der Waals surface area contributed by atoms with Crippen molar-refractivity contribution < 1.29 is 31.1 Å². The number of nitrogens with zero attached hydrogens (tertiary/aromatic N) is 1. The smallest absolute Gasteiger partial charge is 0.465 e. The second-order valence-corrected chi connectivity index (χ2v) is 5.39. The van der Waals surface area contributed by atoms with Crippen molar-refractivity contribution in [1.82, 2.24) is 0 Å². The predicted octanol–water partition coefficient (Wildman–Crippen LogP) is 1.76. The SMILES string of the molecule is COC(=O)c1ccccc1N(C)S(=O)(=O)C(F)(F)F. The number of alkyl halides is 3. The summed E-state index contributed by atoms with van der Waals surface area (Å²) in [6.07, 6.45) is 0. The van der Waals surface area contributed by atoms with E-state index < -0.39 is 27.2 Å². The van der Waals surface area contributed by atoms with Crippen LogP contribution in [0.4, 0.5) is 18.9 Å². The first kappa shape index (κ1) is 15.3. The van der Waals surface area contributed by atoms with Gasteiger partial charge in [-0.1, -0.05) is 12.1 Å². The van der Waals surface area contributed by atoms with E-state index in [0.717, 1.165) is 13.2 Å². The molecule has 0 heterocycles. The average Bonchev–Trinajstić information content (AvgIpc) is 2.35. The zero-order valence-corrected chi connectivity index (χ0v) is 10.7. The number of sulfonamides is 1. The number of halogens is 3. The lowest BCUT2D eigenvalue weighted by Gasteiger charge is -2.22. The van der Waals surface area contributed by atoms with Crippen molar-refractivity contribution in [3.05, 3.63) is 29.8 Å². The van der Waals surface area contributed by atoms with Crippen LogP contribution in [0.5, 0.6) is 0 Å². The number of ether oxygens (including phenoxy) is 1. The Balaban J connectivity index is 3.36. The third kappa shape index (κ3) is 2.80. The quantitative estimate of drug-likeness (QED) is 0.797. The van der Waals surface area contributed by atoms with Gasteiger partial charge in [0.25, 0.3) is 0 Å². The highest BCUT2D eigenvalue weighted by Gasteiger charge is 2.49. The second kappa shape index (κ2) is 5.08. The molecule has 0 N–H and O–H groups in total. The Kier molecular flexibility index (Phi) is 4.09. The first-order valence-electron chi connectivity index (χ1n) is 4.85. The lowest BCUT2D eigenvalue weighted by atomic mass is 10.2. The fourth-order valence-electron chi connectivity index (χ4n) is 1.32. The van der Waals surface area contributed by atoms with Crippen molar-refractivity contribution in [2.24, 2.45) is 0 Å². The van der Waals surface area contributed by atoms with Gasteiger partial charge in [-0.05, 0) is 12.1 Å². The molecule has 0 aliphatic rings. The summed E-state index contributed by atoms with van der Waals surface area (Å²) < 4.78 is 64.2. The van der Waals surface area contributed by atoms with Crippen molar-refractivity contribution in [3.63, 3.8) is 0 Å². The summed E-state index contributed by atoms with van der Waals surface area (Å²) in [6.45, 7) is 0. The average molecular weight is 297 g/mol. The molecule has 106 valence electrons. The van der Waals surface area contributed by atoms with Crippen LogP contribution in [0.1, 0.15) is 10.4 Å². The maximum Gasteiger partial charge on any atom is 0.516 e.